The molecule has 3 nitrogen and oxygen atoms in total. The van der Waals surface area contributed by atoms with E-state index in [4.69, 9.17) is 5.26 Å². The summed E-state index contributed by atoms with van der Waals surface area (Å²) < 4.78 is 38.4. The second-order valence-electron chi connectivity index (χ2n) is 4.20. The standard InChI is InChI=1S/C12H9F3N2OS/c13-12(14,15)10-3-8(2-1-7(10)5-16)17-6-9(19)4-11(17)18/h1-3,9,19H,4,6H2. The number of anilines is 1. The van der Waals surface area contributed by atoms with Crippen LogP contribution in [0, 0.1) is 11.3 Å². The SMILES string of the molecule is N#Cc1ccc(N2CC(S)CC2=O)cc1C(F)(F)F. The lowest BCUT2D eigenvalue weighted by Gasteiger charge is -2.18. The Kier molecular flexibility index (Phi) is 3.45. The number of thiol groups is 1. The van der Waals surface area contributed by atoms with E-state index in [-0.39, 0.29) is 29.8 Å². The zero-order valence-corrected chi connectivity index (χ0v) is 10.5. The molecule has 1 aliphatic heterocycles. The molecule has 7 heteroatoms. The fourth-order valence-electron chi connectivity index (χ4n) is 1.97. The molecule has 1 aromatic carbocycles. The molecule has 1 heterocycles. The summed E-state index contributed by atoms with van der Waals surface area (Å²) in [4.78, 5) is 12.9. The number of amides is 1. The molecule has 0 spiro atoms. The molecule has 2 rings (SSSR count). The Hall–Kier alpha value is -1.68. The number of nitriles is 1. The summed E-state index contributed by atoms with van der Waals surface area (Å²) in [5.74, 6) is -0.266. The van der Waals surface area contributed by atoms with Crippen LogP contribution in [0.4, 0.5) is 18.9 Å². The van der Waals surface area contributed by atoms with Crippen LogP contribution in [0.25, 0.3) is 0 Å². The molecule has 0 N–H and O–H groups in total. The van der Waals surface area contributed by atoms with E-state index >= 15 is 0 Å². The van der Waals surface area contributed by atoms with Crippen LogP contribution < -0.4 is 4.90 Å². The molecular formula is C12H9F3N2OS. The molecule has 1 amide bonds. The summed E-state index contributed by atoms with van der Waals surface area (Å²) in [6.45, 7) is 0.269. The Morgan fingerprint density at radius 2 is 2.11 bits per heavy atom. The Labute approximate surface area is 113 Å². The van der Waals surface area contributed by atoms with Gasteiger partial charge in [-0.15, -0.1) is 0 Å². The fraction of sp³-hybridized carbons (Fsp3) is 0.333. The van der Waals surface area contributed by atoms with Crippen LogP contribution in [0.5, 0.6) is 0 Å². The molecule has 1 fully saturated rings. The monoisotopic (exact) mass is 286 g/mol. The lowest BCUT2D eigenvalue weighted by molar-refractivity contribution is -0.137. The lowest BCUT2D eigenvalue weighted by Crippen LogP contribution is -2.25. The first-order valence-corrected chi connectivity index (χ1v) is 5.94. The average molecular weight is 286 g/mol. The van der Waals surface area contributed by atoms with E-state index in [0.29, 0.717) is 0 Å². The van der Waals surface area contributed by atoms with Crippen LogP contribution >= 0.6 is 12.6 Å². The van der Waals surface area contributed by atoms with Crippen LogP contribution in [0.3, 0.4) is 0 Å². The molecule has 0 saturated carbocycles. The molecule has 1 unspecified atom stereocenters. The Balaban J connectivity index is 2.45. The minimum Gasteiger partial charge on any atom is -0.311 e. The second kappa shape index (κ2) is 4.78. The molecule has 0 aromatic heterocycles. The third-order valence-electron chi connectivity index (χ3n) is 2.85. The van der Waals surface area contributed by atoms with Gasteiger partial charge in [0, 0.05) is 23.9 Å². The van der Waals surface area contributed by atoms with Gasteiger partial charge in [-0.3, -0.25) is 4.79 Å². The normalized spacial score (nSPS) is 19.6. The average Bonchev–Trinajstić information content (AvgIpc) is 2.66. The quantitative estimate of drug-likeness (QED) is 0.806. The van der Waals surface area contributed by atoms with Crippen LogP contribution in [0.1, 0.15) is 17.5 Å². The highest BCUT2D eigenvalue weighted by atomic mass is 32.1. The summed E-state index contributed by atoms with van der Waals surface area (Å²) in [6, 6.07) is 4.76. The summed E-state index contributed by atoms with van der Waals surface area (Å²) in [7, 11) is 0. The van der Waals surface area contributed by atoms with Crippen molar-refractivity contribution in [3.05, 3.63) is 29.3 Å². The van der Waals surface area contributed by atoms with E-state index in [9.17, 15) is 18.0 Å². The number of hydrogen-bond donors (Lipinski definition) is 1. The number of benzene rings is 1. The van der Waals surface area contributed by atoms with Gasteiger partial charge in [-0.1, -0.05) is 0 Å². The lowest BCUT2D eigenvalue weighted by atomic mass is 10.1. The first-order chi connectivity index (χ1) is 8.82. The first kappa shape index (κ1) is 13.7. The molecule has 0 radical (unpaired) electrons. The number of carbonyl (C=O) groups excluding carboxylic acids is 1. The van der Waals surface area contributed by atoms with Gasteiger partial charge in [-0.2, -0.15) is 31.1 Å². The molecule has 0 bridgehead atoms. The van der Waals surface area contributed by atoms with Crippen LogP contribution in [-0.2, 0) is 11.0 Å². The Bertz CT molecular complexity index is 565. The molecule has 19 heavy (non-hydrogen) atoms. The van der Waals surface area contributed by atoms with Crippen molar-refractivity contribution >= 4 is 24.2 Å². The number of alkyl halides is 3. The predicted octanol–water partition coefficient (Wildman–Crippen LogP) is 2.61. The molecule has 100 valence electrons. The smallest absolute Gasteiger partial charge is 0.311 e. The topological polar surface area (TPSA) is 44.1 Å². The van der Waals surface area contributed by atoms with Gasteiger partial charge in [0.1, 0.15) is 0 Å². The fourth-order valence-corrected chi connectivity index (χ4v) is 2.29. The molecule has 0 aliphatic carbocycles. The minimum atomic E-state index is -4.62. The van der Waals surface area contributed by atoms with Gasteiger partial charge in [-0.05, 0) is 18.2 Å². The number of carbonyl (C=O) groups is 1. The molecule has 1 saturated heterocycles. The molecule has 1 aliphatic rings. The number of nitrogens with zero attached hydrogens (tertiary/aromatic N) is 2. The van der Waals surface area contributed by atoms with Crippen LogP contribution in [-0.4, -0.2) is 17.7 Å². The van der Waals surface area contributed by atoms with Crippen molar-refractivity contribution in [1.82, 2.24) is 0 Å². The Morgan fingerprint density at radius 1 is 1.42 bits per heavy atom. The van der Waals surface area contributed by atoms with Gasteiger partial charge in [0.05, 0.1) is 17.2 Å². The van der Waals surface area contributed by atoms with E-state index in [2.05, 4.69) is 12.6 Å². The summed E-state index contributed by atoms with van der Waals surface area (Å²) in [5.41, 5.74) is -1.33. The molecule has 1 atom stereocenters. The van der Waals surface area contributed by atoms with Gasteiger partial charge in [0.25, 0.3) is 0 Å². The van der Waals surface area contributed by atoms with Crippen molar-refractivity contribution in [1.29, 1.82) is 5.26 Å². The van der Waals surface area contributed by atoms with Gasteiger partial charge in [-0.25, -0.2) is 0 Å². The van der Waals surface area contributed by atoms with E-state index in [1.165, 1.54) is 17.0 Å². The number of halogens is 3. The zero-order valence-electron chi connectivity index (χ0n) is 9.61. The van der Waals surface area contributed by atoms with Crippen molar-refractivity contribution in [2.45, 2.75) is 17.8 Å². The van der Waals surface area contributed by atoms with E-state index in [1.54, 1.807) is 0 Å². The number of rotatable bonds is 1. The van der Waals surface area contributed by atoms with E-state index in [0.717, 1.165) is 12.1 Å². The summed E-state index contributed by atoms with van der Waals surface area (Å²) in [6.07, 6.45) is -4.42. The minimum absolute atomic E-state index is 0.146. The maximum Gasteiger partial charge on any atom is 0.417 e. The maximum atomic E-state index is 12.8. The first-order valence-electron chi connectivity index (χ1n) is 5.42. The molecular weight excluding hydrogens is 277 g/mol. The summed E-state index contributed by atoms with van der Waals surface area (Å²) >= 11 is 4.15. The van der Waals surface area contributed by atoms with Crippen LogP contribution in [0.2, 0.25) is 0 Å². The highest BCUT2D eigenvalue weighted by Crippen LogP contribution is 2.35. The highest BCUT2D eigenvalue weighted by Gasteiger charge is 2.35. The highest BCUT2D eigenvalue weighted by molar-refractivity contribution is 7.81. The maximum absolute atomic E-state index is 12.8. The van der Waals surface area contributed by atoms with Crippen LogP contribution in [0.15, 0.2) is 18.2 Å². The second-order valence-corrected chi connectivity index (χ2v) is 4.93. The van der Waals surface area contributed by atoms with E-state index < -0.39 is 17.3 Å². The third-order valence-corrected chi connectivity index (χ3v) is 3.19. The van der Waals surface area contributed by atoms with Gasteiger partial charge < -0.3 is 4.90 Å². The number of hydrogen-bond acceptors (Lipinski definition) is 3. The predicted molar refractivity (Wildman–Crippen MR) is 65.9 cm³/mol. The van der Waals surface area contributed by atoms with Crippen molar-refractivity contribution < 1.29 is 18.0 Å². The van der Waals surface area contributed by atoms with Gasteiger partial charge in [0.15, 0.2) is 0 Å². The van der Waals surface area contributed by atoms with Crippen molar-refractivity contribution in [3.63, 3.8) is 0 Å². The van der Waals surface area contributed by atoms with Crippen molar-refractivity contribution in [2.24, 2.45) is 0 Å². The zero-order chi connectivity index (χ0) is 14.2. The van der Waals surface area contributed by atoms with Crippen molar-refractivity contribution in [3.8, 4) is 6.07 Å². The molecule has 1 aromatic rings. The third kappa shape index (κ3) is 2.68. The summed E-state index contributed by atoms with van der Waals surface area (Å²) in [5, 5.41) is 8.51. The van der Waals surface area contributed by atoms with Gasteiger partial charge >= 0.3 is 6.18 Å². The van der Waals surface area contributed by atoms with Crippen molar-refractivity contribution in [2.75, 3.05) is 11.4 Å². The van der Waals surface area contributed by atoms with E-state index in [1.807, 2.05) is 0 Å². The van der Waals surface area contributed by atoms with Gasteiger partial charge in [0.2, 0.25) is 5.91 Å². The largest absolute Gasteiger partial charge is 0.417 e. The Morgan fingerprint density at radius 3 is 2.58 bits per heavy atom.